The van der Waals surface area contributed by atoms with Crippen molar-refractivity contribution in [2.45, 2.75) is 77.9 Å². The fourth-order valence-corrected chi connectivity index (χ4v) is 4.94. The van der Waals surface area contributed by atoms with Gasteiger partial charge in [-0.05, 0) is 89.2 Å². The van der Waals surface area contributed by atoms with E-state index < -0.39 is 0 Å². The van der Waals surface area contributed by atoms with Crippen molar-refractivity contribution >= 4 is 23.2 Å². The van der Waals surface area contributed by atoms with Crippen LogP contribution in [0.1, 0.15) is 71.8 Å². The summed E-state index contributed by atoms with van der Waals surface area (Å²) in [4.78, 5) is 28.1. The number of aromatic amines is 1. The number of pyridine rings is 1. The molecular formula is C25H35ClN4O2. The number of aryl methyl sites for hydroxylation is 2. The van der Waals surface area contributed by atoms with Gasteiger partial charge in [0.15, 0.2) is 0 Å². The maximum absolute atomic E-state index is 13.0. The highest BCUT2D eigenvalue weighted by atomic mass is 35.5. The lowest BCUT2D eigenvalue weighted by Crippen LogP contribution is -2.45. The molecule has 1 aromatic carbocycles. The van der Waals surface area contributed by atoms with Gasteiger partial charge in [-0.25, -0.2) is 0 Å². The van der Waals surface area contributed by atoms with E-state index in [2.05, 4.69) is 27.9 Å². The first-order valence-electron chi connectivity index (χ1n) is 11.4. The largest absolute Gasteiger partial charge is 0.379 e. The van der Waals surface area contributed by atoms with Gasteiger partial charge in [0.2, 0.25) is 0 Å². The van der Waals surface area contributed by atoms with Crippen LogP contribution in [0, 0.1) is 20.8 Å². The van der Waals surface area contributed by atoms with Crippen molar-refractivity contribution in [3.8, 4) is 0 Å². The van der Waals surface area contributed by atoms with Gasteiger partial charge in [0.25, 0.3) is 11.5 Å². The van der Waals surface area contributed by atoms with E-state index in [0.29, 0.717) is 22.2 Å². The zero-order valence-electron chi connectivity index (χ0n) is 19.7. The van der Waals surface area contributed by atoms with Crippen LogP contribution in [0.15, 0.2) is 23.0 Å². The monoisotopic (exact) mass is 458 g/mol. The van der Waals surface area contributed by atoms with E-state index in [1.165, 1.54) is 0 Å². The number of hydrogen-bond donors (Lipinski definition) is 4. The summed E-state index contributed by atoms with van der Waals surface area (Å²) in [6.07, 6.45) is 5.38. The highest BCUT2D eigenvalue weighted by Gasteiger charge is 2.34. The van der Waals surface area contributed by atoms with Gasteiger partial charge in [-0.1, -0.05) is 18.5 Å². The van der Waals surface area contributed by atoms with Gasteiger partial charge in [0.1, 0.15) is 0 Å². The second-order valence-electron chi connectivity index (χ2n) is 9.07. The van der Waals surface area contributed by atoms with E-state index in [1.807, 2.05) is 40.0 Å². The first-order chi connectivity index (χ1) is 15.2. The van der Waals surface area contributed by atoms with E-state index in [9.17, 15) is 9.59 Å². The Bertz CT molecular complexity index is 1040. The molecule has 3 rings (SSSR count). The molecular weight excluding hydrogens is 424 g/mol. The minimum Gasteiger partial charge on any atom is -0.379 e. The van der Waals surface area contributed by atoms with E-state index in [1.54, 1.807) is 6.07 Å². The van der Waals surface area contributed by atoms with Gasteiger partial charge in [0, 0.05) is 45.7 Å². The Labute approximate surface area is 195 Å². The zero-order valence-corrected chi connectivity index (χ0v) is 20.5. The van der Waals surface area contributed by atoms with Gasteiger partial charge in [-0.15, -0.1) is 0 Å². The van der Waals surface area contributed by atoms with Crippen LogP contribution in [0.4, 0.5) is 5.69 Å². The Morgan fingerprint density at radius 2 is 1.88 bits per heavy atom. The summed E-state index contributed by atoms with van der Waals surface area (Å²) < 4.78 is 0. The number of amides is 1. The molecule has 1 aliphatic rings. The smallest absolute Gasteiger partial charge is 0.253 e. The highest BCUT2D eigenvalue weighted by molar-refractivity contribution is 6.31. The summed E-state index contributed by atoms with van der Waals surface area (Å²) >= 11 is 6.42. The number of nitrogens with one attached hydrogen (secondary N) is 4. The molecule has 1 heterocycles. The molecule has 2 aromatic rings. The van der Waals surface area contributed by atoms with E-state index >= 15 is 0 Å². The molecule has 4 N–H and O–H groups in total. The minimum atomic E-state index is -0.239. The molecule has 7 heteroatoms. The summed E-state index contributed by atoms with van der Waals surface area (Å²) in [5, 5.41) is 10.5. The Morgan fingerprint density at radius 3 is 2.47 bits per heavy atom. The maximum Gasteiger partial charge on any atom is 0.253 e. The summed E-state index contributed by atoms with van der Waals surface area (Å²) in [6.45, 7) is 8.04. The Hall–Kier alpha value is -2.31. The Morgan fingerprint density at radius 1 is 1.19 bits per heavy atom. The number of carbonyl (C=O) groups excluding carboxylic acids is 1. The average molecular weight is 459 g/mol. The normalized spacial score (nSPS) is 20.8. The first kappa shape index (κ1) is 24.3. The molecule has 0 aliphatic heterocycles. The maximum atomic E-state index is 13.0. The number of hydrogen-bond acceptors (Lipinski definition) is 4. The van der Waals surface area contributed by atoms with Crippen molar-refractivity contribution in [3.05, 3.63) is 61.5 Å². The van der Waals surface area contributed by atoms with Crippen molar-refractivity contribution in [1.29, 1.82) is 0 Å². The van der Waals surface area contributed by atoms with Gasteiger partial charge < -0.3 is 20.9 Å². The standard InChI is InChI=1S/C25H35ClN4O2/c1-6-25(9-7-19(27-5)8-10-25)30-22-13-18(26)12-20(17(22)4)23(31)28-14-21-15(2)11-16(3)29-24(21)32/h11-13,19,27,30H,6-10,14H2,1-5H3,(H,28,31)(H,29,32). The number of H-pyrrole nitrogens is 1. The van der Waals surface area contributed by atoms with Crippen molar-refractivity contribution in [1.82, 2.24) is 15.6 Å². The van der Waals surface area contributed by atoms with Crippen molar-refractivity contribution in [2.24, 2.45) is 0 Å². The van der Waals surface area contributed by atoms with Gasteiger partial charge >= 0.3 is 0 Å². The predicted molar refractivity (Wildman–Crippen MR) is 132 cm³/mol. The molecule has 0 radical (unpaired) electrons. The SMILES string of the molecule is CCC1(Nc2cc(Cl)cc(C(=O)NCc3c(C)cc(C)[nH]c3=O)c2C)CCC(NC)CC1. The van der Waals surface area contributed by atoms with Crippen LogP contribution in [0.3, 0.4) is 0 Å². The third-order valence-electron chi connectivity index (χ3n) is 6.96. The lowest BCUT2D eigenvalue weighted by atomic mass is 9.77. The topological polar surface area (TPSA) is 86.0 Å². The number of anilines is 1. The molecule has 0 atom stereocenters. The van der Waals surface area contributed by atoms with Crippen LogP contribution >= 0.6 is 11.6 Å². The second kappa shape index (κ2) is 10.1. The second-order valence-corrected chi connectivity index (χ2v) is 9.51. The average Bonchev–Trinajstić information content (AvgIpc) is 2.75. The molecule has 0 spiro atoms. The van der Waals surface area contributed by atoms with Crippen molar-refractivity contribution in [2.75, 3.05) is 12.4 Å². The fraction of sp³-hybridized carbons (Fsp3) is 0.520. The van der Waals surface area contributed by atoms with Crippen molar-refractivity contribution in [3.63, 3.8) is 0 Å². The number of rotatable bonds is 7. The first-order valence-corrected chi connectivity index (χ1v) is 11.8. The molecule has 0 saturated heterocycles. The summed E-state index contributed by atoms with van der Waals surface area (Å²) in [5.41, 5.74) is 4.35. The van der Waals surface area contributed by atoms with E-state index in [0.717, 1.165) is 54.6 Å². The van der Waals surface area contributed by atoms with Crippen LogP contribution in [-0.4, -0.2) is 29.5 Å². The number of benzene rings is 1. The molecule has 1 amide bonds. The molecule has 1 fully saturated rings. The van der Waals surface area contributed by atoms with Gasteiger partial charge in [-0.3, -0.25) is 9.59 Å². The van der Waals surface area contributed by atoms with Crippen molar-refractivity contribution < 1.29 is 4.79 Å². The van der Waals surface area contributed by atoms with Crippen LogP contribution in [0.2, 0.25) is 5.02 Å². The molecule has 1 aliphatic carbocycles. The predicted octanol–water partition coefficient (Wildman–Crippen LogP) is 4.61. The highest BCUT2D eigenvalue weighted by Crippen LogP contribution is 2.36. The lowest BCUT2D eigenvalue weighted by molar-refractivity contribution is 0.0950. The van der Waals surface area contributed by atoms with E-state index in [-0.39, 0.29) is 23.6 Å². The number of halogens is 1. The van der Waals surface area contributed by atoms with Crippen LogP contribution in [-0.2, 0) is 6.54 Å². The van der Waals surface area contributed by atoms with Gasteiger partial charge in [-0.2, -0.15) is 0 Å². The Kier molecular flexibility index (Phi) is 7.67. The number of carbonyl (C=O) groups is 1. The summed E-state index contributed by atoms with van der Waals surface area (Å²) in [5.74, 6) is -0.239. The minimum absolute atomic E-state index is 0.00282. The summed E-state index contributed by atoms with van der Waals surface area (Å²) in [7, 11) is 2.02. The molecule has 6 nitrogen and oxygen atoms in total. The molecule has 0 unspecified atom stereocenters. The Balaban J connectivity index is 1.80. The zero-order chi connectivity index (χ0) is 23.5. The van der Waals surface area contributed by atoms with Gasteiger partial charge in [0.05, 0.1) is 0 Å². The van der Waals surface area contributed by atoms with Crippen LogP contribution in [0.25, 0.3) is 0 Å². The third kappa shape index (κ3) is 5.36. The van der Waals surface area contributed by atoms with Crippen LogP contribution in [0.5, 0.6) is 0 Å². The molecule has 1 saturated carbocycles. The summed E-state index contributed by atoms with van der Waals surface area (Å²) in [6, 6.07) is 6.07. The quantitative estimate of drug-likeness (QED) is 0.488. The number of aromatic nitrogens is 1. The molecule has 174 valence electrons. The third-order valence-corrected chi connectivity index (χ3v) is 7.18. The van der Waals surface area contributed by atoms with Crippen LogP contribution < -0.4 is 21.5 Å². The fourth-order valence-electron chi connectivity index (χ4n) is 4.72. The molecule has 0 bridgehead atoms. The lowest BCUT2D eigenvalue weighted by Gasteiger charge is -2.41. The molecule has 32 heavy (non-hydrogen) atoms. The molecule has 1 aromatic heterocycles. The van der Waals surface area contributed by atoms with E-state index in [4.69, 9.17) is 11.6 Å².